The van der Waals surface area contributed by atoms with E-state index in [0.717, 1.165) is 12.8 Å². The largest absolute Gasteiger partial charge is 0.447 e. The molecule has 2 aromatic carbocycles. The Labute approximate surface area is 281 Å². The average Bonchev–Trinajstić information content (AvgIpc) is 3.42. The molecule has 1 aliphatic heterocycles. The molecule has 11 nitrogen and oxygen atoms in total. The minimum atomic E-state index is -2.76. The van der Waals surface area contributed by atoms with E-state index in [-0.39, 0.29) is 23.5 Å². The Morgan fingerprint density at radius 2 is 1.85 bits per heavy atom. The number of amides is 2. The van der Waals surface area contributed by atoms with Gasteiger partial charge < -0.3 is 15.8 Å². The van der Waals surface area contributed by atoms with Crippen molar-refractivity contribution in [1.29, 1.82) is 0 Å². The maximum atomic E-state index is 14.9. The molecule has 2 aromatic heterocycles. The minimum absolute atomic E-state index is 0.0368. The Balaban J connectivity index is 1.38. The summed E-state index contributed by atoms with van der Waals surface area (Å²) >= 11 is 6.56. The van der Waals surface area contributed by atoms with E-state index in [1.54, 1.807) is 65.6 Å². The molecule has 0 saturated heterocycles. The van der Waals surface area contributed by atoms with Crippen molar-refractivity contribution in [1.82, 2.24) is 29.8 Å². The molecule has 0 bridgehead atoms. The van der Waals surface area contributed by atoms with E-state index in [2.05, 4.69) is 15.5 Å². The summed E-state index contributed by atoms with van der Waals surface area (Å²) in [5.74, 6) is -0.433. The number of benzene rings is 2. The Bertz CT molecular complexity index is 1850. The van der Waals surface area contributed by atoms with E-state index in [4.69, 9.17) is 27.1 Å². The fraction of sp³-hybridized carbons (Fsp3) is 0.382. The molecule has 1 aliphatic carbocycles. The predicted octanol–water partition coefficient (Wildman–Crippen LogP) is 6.59. The van der Waals surface area contributed by atoms with E-state index >= 15 is 0 Å². The molecular formula is C34H37ClF2N8O3. The normalized spacial score (nSPS) is 19.4. The first-order valence-corrected chi connectivity index (χ1v) is 15.9. The fourth-order valence-electron chi connectivity index (χ4n) is 6.00. The lowest BCUT2D eigenvalue weighted by Gasteiger charge is -2.35. The van der Waals surface area contributed by atoms with Crippen molar-refractivity contribution < 1.29 is 23.1 Å². The van der Waals surface area contributed by atoms with Crippen molar-refractivity contribution in [2.45, 2.75) is 70.6 Å². The Morgan fingerprint density at radius 1 is 1.12 bits per heavy atom. The van der Waals surface area contributed by atoms with Crippen molar-refractivity contribution in [3.8, 4) is 16.8 Å². The number of hydrogen-bond donors (Lipinski definition) is 2. The van der Waals surface area contributed by atoms with E-state index in [1.807, 2.05) is 27.7 Å². The number of alkyl halides is 2. The molecule has 0 unspecified atom stereocenters. The van der Waals surface area contributed by atoms with Crippen molar-refractivity contribution in [3.05, 3.63) is 89.5 Å². The highest BCUT2D eigenvalue weighted by atomic mass is 35.5. The molecule has 1 fully saturated rings. The maximum Gasteiger partial charge on any atom is 0.407 e. The van der Waals surface area contributed by atoms with Crippen LogP contribution in [0, 0.1) is 5.41 Å². The summed E-state index contributed by atoms with van der Waals surface area (Å²) < 4.78 is 34.2. The Hall–Kier alpha value is -4.78. The van der Waals surface area contributed by atoms with Crippen LogP contribution in [0.5, 0.6) is 0 Å². The van der Waals surface area contributed by atoms with Crippen LogP contribution < -0.4 is 11.1 Å². The molecule has 14 heteroatoms. The third-order valence-corrected chi connectivity index (χ3v) is 8.92. The molecule has 0 spiro atoms. The van der Waals surface area contributed by atoms with E-state index in [1.165, 1.54) is 17.3 Å². The molecule has 4 aromatic rings. The monoisotopic (exact) mass is 678 g/mol. The van der Waals surface area contributed by atoms with Crippen molar-refractivity contribution in [2.24, 2.45) is 16.1 Å². The van der Waals surface area contributed by atoms with E-state index in [0.29, 0.717) is 44.1 Å². The second-order valence-electron chi connectivity index (χ2n) is 13.8. The number of rotatable bonds is 10. The number of aliphatic imine (C=N–C) groups is 1. The molecular weight excluding hydrogens is 642 g/mol. The number of carbonyl (C=O) groups is 2. The van der Waals surface area contributed by atoms with Gasteiger partial charge in [0.25, 0.3) is 5.91 Å². The zero-order valence-corrected chi connectivity index (χ0v) is 27.8. The minimum Gasteiger partial charge on any atom is -0.447 e. The first-order chi connectivity index (χ1) is 22.7. The highest BCUT2D eigenvalue weighted by Gasteiger charge is 2.53. The molecule has 252 valence electrons. The summed E-state index contributed by atoms with van der Waals surface area (Å²) in [6.07, 6.45) is 7.38. The number of hydrogen-bond acceptors (Lipinski definition) is 7. The fourth-order valence-corrected chi connectivity index (χ4v) is 6.20. The smallest absolute Gasteiger partial charge is 0.407 e. The number of nitrogens with one attached hydrogen (secondary N) is 1. The number of nitrogens with two attached hydrogens (primary N) is 1. The van der Waals surface area contributed by atoms with E-state index < -0.39 is 30.1 Å². The summed E-state index contributed by atoms with van der Waals surface area (Å²) in [6.45, 7) is 4.96. The zero-order chi connectivity index (χ0) is 34.4. The van der Waals surface area contributed by atoms with Gasteiger partial charge >= 0.3 is 12.6 Å². The highest BCUT2D eigenvalue weighted by Crippen LogP contribution is 2.45. The van der Waals surface area contributed by atoms with Crippen LogP contribution in [0.25, 0.3) is 16.8 Å². The lowest BCUT2D eigenvalue weighted by Crippen LogP contribution is -2.48. The van der Waals surface area contributed by atoms with Crippen molar-refractivity contribution in [3.63, 3.8) is 0 Å². The zero-order valence-electron chi connectivity index (χ0n) is 27.0. The third-order valence-electron chi connectivity index (χ3n) is 8.60. The van der Waals surface area contributed by atoms with Gasteiger partial charge in [-0.25, -0.2) is 19.2 Å². The maximum absolute atomic E-state index is 14.9. The first kappa shape index (κ1) is 33.1. The van der Waals surface area contributed by atoms with Gasteiger partial charge in [0.05, 0.1) is 22.9 Å². The van der Waals surface area contributed by atoms with Gasteiger partial charge in [-0.15, -0.1) is 0 Å². The van der Waals surface area contributed by atoms with Crippen LogP contribution in [0.2, 0.25) is 5.02 Å². The van der Waals surface area contributed by atoms with Crippen LogP contribution in [0.4, 0.5) is 13.6 Å². The van der Waals surface area contributed by atoms with Crippen LogP contribution in [0.15, 0.2) is 78.3 Å². The lowest BCUT2D eigenvalue weighted by molar-refractivity contribution is -0.135. The molecule has 3 heterocycles. The van der Waals surface area contributed by atoms with Gasteiger partial charge in [-0.1, -0.05) is 62.7 Å². The van der Waals surface area contributed by atoms with Crippen LogP contribution in [0.1, 0.15) is 70.7 Å². The average molecular weight is 679 g/mol. The summed E-state index contributed by atoms with van der Waals surface area (Å²) in [4.78, 5) is 34.0. The van der Waals surface area contributed by atoms with Gasteiger partial charge in [-0.2, -0.15) is 19.0 Å². The Morgan fingerprint density at radius 3 is 2.46 bits per heavy atom. The third kappa shape index (κ3) is 6.64. The van der Waals surface area contributed by atoms with Gasteiger partial charge in [0.1, 0.15) is 6.61 Å². The number of guanidine groups is 1. The number of nitrogens with zero attached hydrogens (tertiary/aromatic N) is 6. The van der Waals surface area contributed by atoms with Crippen LogP contribution in [-0.4, -0.2) is 54.6 Å². The highest BCUT2D eigenvalue weighted by molar-refractivity contribution is 6.32. The summed E-state index contributed by atoms with van der Waals surface area (Å²) in [5, 5.41) is 11.3. The number of carbonyl (C=O) groups excluding carboxylic acids is 2. The molecule has 2 aliphatic rings. The second kappa shape index (κ2) is 12.3. The molecule has 3 N–H and O–H groups in total. The van der Waals surface area contributed by atoms with Crippen molar-refractivity contribution >= 4 is 29.6 Å². The second-order valence-corrected chi connectivity index (χ2v) is 14.2. The van der Waals surface area contributed by atoms with Crippen molar-refractivity contribution in [2.75, 3.05) is 6.61 Å². The summed E-state index contributed by atoms with van der Waals surface area (Å²) in [6, 6.07) is 13.1. The number of aromatic nitrogens is 4. The SMILES string of the molecule is CC(C)(C)C[C@]1(c2ccc(-c3cnn(C(F)F)c3)cc2)N=C(N)N([C@H](COC(=O)NC2(C)CC2)c2ccc(Cl)c(-n3cccn3)c2)C1=O. The van der Waals surface area contributed by atoms with Gasteiger partial charge in [0, 0.05) is 29.7 Å². The van der Waals surface area contributed by atoms with Gasteiger partial charge in [-0.3, -0.25) is 9.69 Å². The molecule has 6 rings (SSSR count). The van der Waals surface area contributed by atoms with Gasteiger partial charge in [-0.05, 0) is 66.5 Å². The summed E-state index contributed by atoms with van der Waals surface area (Å²) in [7, 11) is 0. The van der Waals surface area contributed by atoms with Crippen LogP contribution in [-0.2, 0) is 15.1 Å². The Kier molecular flexibility index (Phi) is 8.52. The standard InChI is InChI=1S/C34H37ClF2N8O3/c1-32(2,3)20-34(24-9-6-21(7-10-24)23-17-40-44(18-23)29(36)37)28(46)45(30(38)41-34)27(19-48-31(47)42-33(4)12-13-33)22-8-11-25(35)26(16-22)43-15-5-14-39-43/h5-11,14-18,27,29H,12-13,19-20H2,1-4H3,(H2,38,41)(H,42,47)/t27-,34-/m1/s1. The molecule has 2 amide bonds. The number of halogens is 3. The van der Waals surface area contributed by atoms with Gasteiger partial charge in [0.15, 0.2) is 11.5 Å². The molecule has 48 heavy (non-hydrogen) atoms. The number of ether oxygens (including phenoxy) is 1. The molecule has 0 radical (unpaired) electrons. The molecule has 1 saturated carbocycles. The number of alkyl carbamates (subject to hydrolysis) is 1. The van der Waals surface area contributed by atoms with Crippen LogP contribution >= 0.6 is 11.6 Å². The predicted molar refractivity (Wildman–Crippen MR) is 177 cm³/mol. The van der Waals surface area contributed by atoms with Gasteiger partial charge in [0.2, 0.25) is 0 Å². The topological polar surface area (TPSA) is 133 Å². The van der Waals surface area contributed by atoms with E-state index in [9.17, 15) is 18.4 Å². The summed E-state index contributed by atoms with van der Waals surface area (Å²) in [5.41, 5.74) is 7.41. The van der Waals surface area contributed by atoms with Crippen LogP contribution in [0.3, 0.4) is 0 Å². The lowest BCUT2D eigenvalue weighted by atomic mass is 9.75. The first-order valence-electron chi connectivity index (χ1n) is 15.5. The quantitative estimate of drug-likeness (QED) is 0.194. The molecule has 2 atom stereocenters.